The Hall–Kier alpha value is -2.02. The van der Waals surface area contributed by atoms with Gasteiger partial charge in [0.05, 0.1) is 22.7 Å². The van der Waals surface area contributed by atoms with Crippen molar-refractivity contribution in [3.8, 4) is 0 Å². The number of esters is 1. The van der Waals surface area contributed by atoms with Gasteiger partial charge in [0.1, 0.15) is 6.04 Å². The Morgan fingerprint density at radius 3 is 2.92 bits per heavy atom. The molecule has 0 unspecified atom stereocenters. The van der Waals surface area contributed by atoms with Gasteiger partial charge in [0, 0.05) is 12.2 Å². The van der Waals surface area contributed by atoms with Crippen LogP contribution in [-0.4, -0.2) is 46.0 Å². The number of carbonyl (C=O) groups is 3. The van der Waals surface area contributed by atoms with Gasteiger partial charge in [-0.25, -0.2) is 4.79 Å². The molecule has 0 aromatic heterocycles. The summed E-state index contributed by atoms with van der Waals surface area (Å²) in [7, 11) is 0. The lowest BCUT2D eigenvalue weighted by Gasteiger charge is -2.30. The highest BCUT2D eigenvalue weighted by molar-refractivity contribution is 8.01. The van der Waals surface area contributed by atoms with Crippen molar-refractivity contribution >= 4 is 35.2 Å². The molecule has 2 amide bonds. The highest BCUT2D eigenvalue weighted by Gasteiger charge is 2.52. The highest BCUT2D eigenvalue weighted by atomic mass is 32.2. The number of para-hydroxylation sites is 1. The van der Waals surface area contributed by atoms with Crippen molar-refractivity contribution < 1.29 is 19.1 Å². The van der Waals surface area contributed by atoms with Crippen LogP contribution in [0.15, 0.2) is 24.3 Å². The number of ether oxygens (including phenoxy) is 1. The quantitative estimate of drug-likeness (QED) is 0.845. The number of carbonyl (C=O) groups excluding carboxylic acids is 3. The molecule has 2 aliphatic heterocycles. The van der Waals surface area contributed by atoms with Gasteiger partial charge in [0.2, 0.25) is 11.8 Å². The molecule has 2 fully saturated rings. The van der Waals surface area contributed by atoms with Crippen LogP contribution >= 0.6 is 11.8 Å². The van der Waals surface area contributed by atoms with Crippen LogP contribution < -0.4 is 5.32 Å². The summed E-state index contributed by atoms with van der Waals surface area (Å²) in [5.74, 6) is -0.161. The number of amides is 2. The SMILES string of the molecule is CCOC(=O)c1ccccc1NC(=O)[C@H]1CS[C@@]2(C)CCC(=O)N12. The minimum Gasteiger partial charge on any atom is -0.462 e. The Labute approximate surface area is 144 Å². The zero-order valence-corrected chi connectivity index (χ0v) is 14.5. The van der Waals surface area contributed by atoms with Crippen LogP contribution in [0.3, 0.4) is 0 Å². The number of fused-ring (bicyclic) bond motifs is 1. The van der Waals surface area contributed by atoms with E-state index in [1.807, 2.05) is 6.92 Å². The molecule has 2 heterocycles. The molecular weight excluding hydrogens is 328 g/mol. The van der Waals surface area contributed by atoms with Crippen LogP contribution in [0.2, 0.25) is 0 Å². The van der Waals surface area contributed by atoms with E-state index in [2.05, 4.69) is 5.32 Å². The van der Waals surface area contributed by atoms with E-state index in [1.165, 1.54) is 0 Å². The smallest absolute Gasteiger partial charge is 0.340 e. The van der Waals surface area contributed by atoms with Crippen molar-refractivity contribution in [2.75, 3.05) is 17.7 Å². The molecule has 2 atom stereocenters. The lowest BCUT2D eigenvalue weighted by molar-refractivity contribution is -0.135. The summed E-state index contributed by atoms with van der Waals surface area (Å²) in [5, 5.41) is 2.80. The molecular formula is C17H20N2O4S. The number of hydrogen-bond acceptors (Lipinski definition) is 5. The number of nitrogens with zero attached hydrogens (tertiary/aromatic N) is 1. The third kappa shape index (κ3) is 2.88. The fourth-order valence-electron chi connectivity index (χ4n) is 3.21. The van der Waals surface area contributed by atoms with Crippen LogP contribution in [0, 0.1) is 0 Å². The predicted octanol–water partition coefficient (Wildman–Crippen LogP) is 2.26. The van der Waals surface area contributed by atoms with Crippen molar-refractivity contribution in [3.63, 3.8) is 0 Å². The molecule has 24 heavy (non-hydrogen) atoms. The van der Waals surface area contributed by atoms with E-state index in [0.717, 1.165) is 6.42 Å². The summed E-state index contributed by atoms with van der Waals surface area (Å²) in [4.78, 5) is 38.3. The molecule has 7 heteroatoms. The van der Waals surface area contributed by atoms with Crippen LogP contribution in [0.4, 0.5) is 5.69 Å². The van der Waals surface area contributed by atoms with Crippen LogP contribution in [0.1, 0.15) is 37.0 Å². The molecule has 6 nitrogen and oxygen atoms in total. The monoisotopic (exact) mass is 348 g/mol. The highest BCUT2D eigenvalue weighted by Crippen LogP contribution is 2.47. The summed E-state index contributed by atoms with van der Waals surface area (Å²) < 4.78 is 5.02. The topological polar surface area (TPSA) is 75.7 Å². The summed E-state index contributed by atoms with van der Waals surface area (Å²) in [6.07, 6.45) is 1.24. The summed E-state index contributed by atoms with van der Waals surface area (Å²) in [6.45, 7) is 4.00. The van der Waals surface area contributed by atoms with Crippen molar-refractivity contribution in [2.45, 2.75) is 37.6 Å². The second kappa shape index (κ2) is 6.47. The van der Waals surface area contributed by atoms with Gasteiger partial charge in [0.25, 0.3) is 0 Å². The Morgan fingerprint density at radius 2 is 2.17 bits per heavy atom. The van der Waals surface area contributed by atoms with Crippen LogP contribution in [0.5, 0.6) is 0 Å². The summed E-state index contributed by atoms with van der Waals surface area (Å²) in [6, 6.07) is 6.23. The number of thioether (sulfide) groups is 1. The van der Waals surface area contributed by atoms with E-state index in [-0.39, 0.29) is 23.3 Å². The third-order valence-corrected chi connectivity index (χ3v) is 5.93. The summed E-state index contributed by atoms with van der Waals surface area (Å²) >= 11 is 1.64. The zero-order valence-electron chi connectivity index (χ0n) is 13.7. The predicted molar refractivity (Wildman–Crippen MR) is 91.8 cm³/mol. The lowest BCUT2D eigenvalue weighted by Crippen LogP contribution is -2.48. The van der Waals surface area contributed by atoms with E-state index in [4.69, 9.17) is 4.74 Å². The molecule has 2 saturated heterocycles. The first kappa shape index (κ1) is 16.8. The average Bonchev–Trinajstić information content (AvgIpc) is 3.05. The molecule has 0 saturated carbocycles. The van der Waals surface area contributed by atoms with Crippen molar-refractivity contribution in [1.82, 2.24) is 4.90 Å². The van der Waals surface area contributed by atoms with E-state index in [0.29, 0.717) is 23.4 Å². The van der Waals surface area contributed by atoms with E-state index in [1.54, 1.807) is 47.9 Å². The van der Waals surface area contributed by atoms with Gasteiger partial charge in [0.15, 0.2) is 0 Å². The first-order valence-corrected chi connectivity index (χ1v) is 8.98. The number of rotatable bonds is 4. The van der Waals surface area contributed by atoms with E-state index < -0.39 is 12.0 Å². The Balaban J connectivity index is 1.79. The summed E-state index contributed by atoms with van der Waals surface area (Å²) in [5.41, 5.74) is 0.722. The minimum absolute atomic E-state index is 0.0151. The molecule has 0 bridgehead atoms. The molecule has 0 aliphatic carbocycles. The van der Waals surface area contributed by atoms with E-state index >= 15 is 0 Å². The number of anilines is 1. The first-order chi connectivity index (χ1) is 11.5. The molecule has 1 N–H and O–H groups in total. The second-order valence-corrected chi connectivity index (χ2v) is 7.52. The molecule has 1 aromatic carbocycles. The molecule has 3 rings (SSSR count). The zero-order chi connectivity index (χ0) is 17.3. The number of hydrogen-bond donors (Lipinski definition) is 1. The molecule has 1 aromatic rings. The third-order valence-electron chi connectivity index (χ3n) is 4.43. The Bertz CT molecular complexity index is 693. The maximum Gasteiger partial charge on any atom is 0.340 e. The largest absolute Gasteiger partial charge is 0.462 e. The maximum atomic E-state index is 12.7. The molecule has 0 radical (unpaired) electrons. The Kier molecular flexibility index (Phi) is 4.54. The van der Waals surface area contributed by atoms with Crippen LogP contribution in [0.25, 0.3) is 0 Å². The van der Waals surface area contributed by atoms with Gasteiger partial charge < -0.3 is 15.0 Å². The fraction of sp³-hybridized carbons (Fsp3) is 0.471. The van der Waals surface area contributed by atoms with Crippen molar-refractivity contribution in [2.24, 2.45) is 0 Å². The van der Waals surface area contributed by atoms with Gasteiger partial charge in [-0.15, -0.1) is 11.8 Å². The number of nitrogens with one attached hydrogen (secondary N) is 1. The normalized spacial score (nSPS) is 25.5. The van der Waals surface area contributed by atoms with Crippen molar-refractivity contribution in [1.29, 1.82) is 0 Å². The van der Waals surface area contributed by atoms with Gasteiger partial charge in [-0.1, -0.05) is 12.1 Å². The van der Waals surface area contributed by atoms with Crippen molar-refractivity contribution in [3.05, 3.63) is 29.8 Å². The van der Waals surface area contributed by atoms with Gasteiger partial charge >= 0.3 is 5.97 Å². The lowest BCUT2D eigenvalue weighted by atomic mass is 10.1. The second-order valence-electron chi connectivity index (χ2n) is 6.02. The first-order valence-electron chi connectivity index (χ1n) is 7.99. The van der Waals surface area contributed by atoms with Gasteiger partial charge in [-0.2, -0.15) is 0 Å². The molecule has 2 aliphatic rings. The van der Waals surface area contributed by atoms with Gasteiger partial charge in [-0.05, 0) is 32.4 Å². The maximum absolute atomic E-state index is 12.7. The van der Waals surface area contributed by atoms with Gasteiger partial charge in [-0.3, -0.25) is 9.59 Å². The minimum atomic E-state index is -0.509. The average molecular weight is 348 g/mol. The van der Waals surface area contributed by atoms with E-state index in [9.17, 15) is 14.4 Å². The Morgan fingerprint density at radius 1 is 1.42 bits per heavy atom. The van der Waals surface area contributed by atoms with Crippen LogP contribution in [-0.2, 0) is 14.3 Å². The molecule has 0 spiro atoms. The molecule has 128 valence electrons. The standard InChI is InChI=1S/C17H20N2O4S/c1-3-23-16(22)11-6-4-5-7-12(11)18-15(21)13-10-24-17(2)9-8-14(20)19(13)17/h4-7,13H,3,8-10H2,1-2H3,(H,18,21)/t13-,17+/m1/s1. The fourth-order valence-corrected chi connectivity index (χ4v) is 4.64. The number of benzene rings is 1.